The Morgan fingerprint density at radius 2 is 1.89 bits per heavy atom. The number of rotatable bonds is 5. The van der Waals surface area contributed by atoms with Gasteiger partial charge in [-0.15, -0.1) is 0 Å². The zero-order valence-corrected chi connectivity index (χ0v) is 15.1. The number of benzene rings is 2. The fraction of sp³-hybridized carbons (Fsp3) is 0.143. The molecular weight excluding hydrogens is 345 g/mol. The highest BCUT2D eigenvalue weighted by Gasteiger charge is 2.14. The van der Waals surface area contributed by atoms with Crippen LogP contribution >= 0.6 is 0 Å². The molecule has 3 rings (SSSR count). The Balaban J connectivity index is 1.70. The zero-order chi connectivity index (χ0) is 19.4. The van der Waals surface area contributed by atoms with Crippen molar-refractivity contribution in [2.45, 2.75) is 20.3 Å². The van der Waals surface area contributed by atoms with Gasteiger partial charge in [0.2, 0.25) is 5.95 Å². The molecule has 1 heterocycles. The number of amides is 1. The number of hydrogen-bond donors (Lipinski definition) is 2. The summed E-state index contributed by atoms with van der Waals surface area (Å²) in [7, 11) is 0. The van der Waals surface area contributed by atoms with Gasteiger partial charge in [0, 0.05) is 11.3 Å². The van der Waals surface area contributed by atoms with E-state index in [1.54, 1.807) is 24.3 Å². The fourth-order valence-electron chi connectivity index (χ4n) is 2.56. The second-order valence-electron chi connectivity index (χ2n) is 6.11. The Bertz CT molecular complexity index is 972. The van der Waals surface area contributed by atoms with Gasteiger partial charge in [-0.25, -0.2) is 4.98 Å². The lowest BCUT2D eigenvalue weighted by Crippen LogP contribution is -2.16. The first-order valence-corrected chi connectivity index (χ1v) is 8.57. The summed E-state index contributed by atoms with van der Waals surface area (Å²) in [5.74, 6) is 0.128. The van der Waals surface area contributed by atoms with E-state index in [2.05, 4.69) is 17.2 Å². The number of halogens is 1. The Hall–Kier alpha value is -3.41. The number of pyridine rings is 1. The number of anilines is 2. The van der Waals surface area contributed by atoms with Gasteiger partial charge in [0.05, 0.1) is 5.56 Å². The summed E-state index contributed by atoms with van der Waals surface area (Å²) in [5.41, 5.74) is 7.79. The molecule has 0 bridgehead atoms. The quantitative estimate of drug-likeness (QED) is 0.642. The lowest BCUT2D eigenvalue weighted by Gasteiger charge is -2.10. The third kappa shape index (κ3) is 4.41. The number of hydrogen-bond acceptors (Lipinski definition) is 4. The molecule has 0 aliphatic heterocycles. The predicted octanol–water partition coefficient (Wildman–Crippen LogP) is 4.72. The Morgan fingerprint density at radius 3 is 2.59 bits per heavy atom. The van der Waals surface area contributed by atoms with Crippen molar-refractivity contribution in [1.29, 1.82) is 0 Å². The van der Waals surface area contributed by atoms with Crippen LogP contribution in [-0.2, 0) is 6.42 Å². The molecule has 1 aromatic heterocycles. The van der Waals surface area contributed by atoms with Gasteiger partial charge >= 0.3 is 0 Å². The maximum atomic E-state index is 13.4. The van der Waals surface area contributed by atoms with E-state index < -0.39 is 11.9 Å². The number of carbonyl (C=O) groups is 1. The van der Waals surface area contributed by atoms with Gasteiger partial charge in [0.1, 0.15) is 17.3 Å². The number of ether oxygens (including phenoxy) is 1. The largest absolute Gasteiger partial charge is 0.457 e. The second kappa shape index (κ2) is 7.86. The van der Waals surface area contributed by atoms with Crippen LogP contribution in [0.4, 0.5) is 15.9 Å². The highest BCUT2D eigenvalue weighted by molar-refractivity contribution is 6.07. The topological polar surface area (TPSA) is 77.2 Å². The molecule has 27 heavy (non-hydrogen) atoms. The van der Waals surface area contributed by atoms with E-state index in [1.807, 2.05) is 24.3 Å². The van der Waals surface area contributed by atoms with E-state index in [0.717, 1.165) is 12.2 Å². The van der Waals surface area contributed by atoms with Crippen LogP contribution in [0.1, 0.15) is 28.4 Å². The predicted molar refractivity (Wildman–Crippen MR) is 104 cm³/mol. The molecule has 1 amide bonds. The average molecular weight is 365 g/mol. The van der Waals surface area contributed by atoms with E-state index in [0.29, 0.717) is 11.4 Å². The molecule has 3 aromatic rings. The minimum absolute atomic E-state index is 0.130. The molecule has 2 aromatic carbocycles. The third-order valence-electron chi connectivity index (χ3n) is 4.08. The monoisotopic (exact) mass is 365 g/mol. The van der Waals surface area contributed by atoms with Gasteiger partial charge in [-0.05, 0) is 61.4 Å². The molecule has 0 radical (unpaired) electrons. The van der Waals surface area contributed by atoms with E-state index >= 15 is 0 Å². The Labute approximate surface area is 157 Å². The van der Waals surface area contributed by atoms with Crippen LogP contribution in [0.3, 0.4) is 0 Å². The number of nitrogens with two attached hydrogens (primary N) is 1. The summed E-state index contributed by atoms with van der Waals surface area (Å²) in [6.07, 6.45) is 0.934. The van der Waals surface area contributed by atoms with Crippen molar-refractivity contribution in [3.8, 4) is 11.5 Å². The van der Waals surface area contributed by atoms with Crippen molar-refractivity contribution in [3.05, 3.63) is 77.2 Å². The first kappa shape index (κ1) is 18.4. The Kier molecular flexibility index (Phi) is 5.35. The molecule has 0 saturated heterocycles. The molecule has 0 aliphatic carbocycles. The van der Waals surface area contributed by atoms with Crippen LogP contribution in [-0.4, -0.2) is 10.9 Å². The first-order valence-electron chi connectivity index (χ1n) is 8.57. The number of nitrogens with one attached hydrogen (secondary N) is 1. The van der Waals surface area contributed by atoms with Crippen molar-refractivity contribution >= 4 is 17.4 Å². The minimum Gasteiger partial charge on any atom is -0.457 e. The van der Waals surface area contributed by atoms with Crippen LogP contribution in [0.2, 0.25) is 0 Å². The van der Waals surface area contributed by atoms with Crippen molar-refractivity contribution in [1.82, 2.24) is 4.98 Å². The number of nitrogens with zero attached hydrogens (tertiary/aromatic N) is 1. The van der Waals surface area contributed by atoms with E-state index in [1.165, 1.54) is 18.6 Å². The van der Waals surface area contributed by atoms with Gasteiger partial charge in [-0.1, -0.05) is 19.1 Å². The van der Waals surface area contributed by atoms with Crippen LogP contribution in [0, 0.1) is 12.9 Å². The van der Waals surface area contributed by atoms with E-state index in [4.69, 9.17) is 10.5 Å². The van der Waals surface area contributed by atoms with E-state index in [9.17, 15) is 9.18 Å². The smallest absolute Gasteiger partial charge is 0.259 e. The first-order chi connectivity index (χ1) is 13.0. The molecule has 0 atom stereocenters. The van der Waals surface area contributed by atoms with Crippen molar-refractivity contribution < 1.29 is 13.9 Å². The summed E-state index contributed by atoms with van der Waals surface area (Å²) in [4.78, 5) is 15.9. The highest BCUT2D eigenvalue weighted by Crippen LogP contribution is 2.24. The molecular formula is C21H20FN3O2. The zero-order valence-electron chi connectivity index (χ0n) is 15.1. The number of aryl methyl sites for hydroxylation is 2. The minimum atomic E-state index is -0.683. The van der Waals surface area contributed by atoms with Gasteiger partial charge in [0.25, 0.3) is 5.91 Å². The second-order valence-corrected chi connectivity index (χ2v) is 6.11. The van der Waals surface area contributed by atoms with Crippen molar-refractivity contribution in [2.24, 2.45) is 0 Å². The highest BCUT2D eigenvalue weighted by atomic mass is 19.1. The van der Waals surface area contributed by atoms with E-state index in [-0.39, 0.29) is 16.9 Å². The number of carbonyl (C=O) groups excluding carboxylic acids is 1. The molecule has 6 heteroatoms. The molecule has 0 fully saturated rings. The van der Waals surface area contributed by atoms with Crippen LogP contribution in [0.5, 0.6) is 11.5 Å². The summed E-state index contributed by atoms with van der Waals surface area (Å²) >= 11 is 0. The summed E-state index contributed by atoms with van der Waals surface area (Å²) in [6, 6.07) is 16.2. The number of aromatic nitrogens is 1. The van der Waals surface area contributed by atoms with Crippen molar-refractivity contribution in [3.63, 3.8) is 0 Å². The summed E-state index contributed by atoms with van der Waals surface area (Å²) < 4.78 is 19.2. The Morgan fingerprint density at radius 1 is 1.15 bits per heavy atom. The molecule has 138 valence electrons. The van der Waals surface area contributed by atoms with Gasteiger partial charge in [0.15, 0.2) is 0 Å². The van der Waals surface area contributed by atoms with Gasteiger partial charge < -0.3 is 15.8 Å². The van der Waals surface area contributed by atoms with Crippen LogP contribution in [0.25, 0.3) is 0 Å². The maximum absolute atomic E-state index is 13.4. The van der Waals surface area contributed by atoms with Gasteiger partial charge in [-0.2, -0.15) is 4.39 Å². The molecule has 5 nitrogen and oxygen atoms in total. The third-order valence-corrected chi connectivity index (χ3v) is 4.08. The summed E-state index contributed by atoms with van der Waals surface area (Å²) in [5, 5.41) is 2.72. The SMILES string of the molecule is CCc1cccc(Oc2ccc(NC(=O)c3cc(C)c(F)nc3N)cc2)c1. The van der Waals surface area contributed by atoms with Gasteiger partial charge in [-0.3, -0.25) is 4.79 Å². The lowest BCUT2D eigenvalue weighted by atomic mass is 10.1. The lowest BCUT2D eigenvalue weighted by molar-refractivity contribution is 0.102. The standard InChI is InChI=1S/C21H20FN3O2/c1-3-14-5-4-6-17(12-14)27-16-9-7-15(8-10-16)24-21(26)18-11-13(2)19(22)25-20(18)23/h4-12H,3H2,1-2H3,(H2,23,25)(H,24,26). The molecule has 0 unspecified atom stereocenters. The molecule has 3 N–H and O–H groups in total. The normalized spacial score (nSPS) is 10.5. The molecule has 0 spiro atoms. The van der Waals surface area contributed by atoms with Crippen molar-refractivity contribution in [2.75, 3.05) is 11.1 Å². The van der Waals surface area contributed by atoms with Crippen LogP contribution < -0.4 is 15.8 Å². The molecule has 0 saturated carbocycles. The maximum Gasteiger partial charge on any atom is 0.259 e. The molecule has 0 aliphatic rings. The number of nitrogen functional groups attached to an aromatic ring is 1. The summed E-state index contributed by atoms with van der Waals surface area (Å²) in [6.45, 7) is 3.61. The fourth-order valence-corrected chi connectivity index (χ4v) is 2.56. The average Bonchev–Trinajstić information content (AvgIpc) is 2.66. The van der Waals surface area contributed by atoms with Crippen LogP contribution in [0.15, 0.2) is 54.6 Å².